The highest BCUT2D eigenvalue weighted by Crippen LogP contribution is 2.37. The van der Waals surface area contributed by atoms with Gasteiger partial charge in [0.05, 0.1) is 11.0 Å². The van der Waals surface area contributed by atoms with E-state index in [2.05, 4.69) is 22.1 Å². The molecule has 1 N–H and O–H groups in total. The number of imidazole rings is 1. The molecule has 148 valence electrons. The van der Waals surface area contributed by atoms with E-state index < -0.39 is 0 Å². The minimum atomic E-state index is -0.215. The van der Waals surface area contributed by atoms with E-state index in [0.717, 1.165) is 70.2 Å². The van der Waals surface area contributed by atoms with Crippen LogP contribution in [0.4, 0.5) is 4.39 Å². The van der Waals surface area contributed by atoms with Gasteiger partial charge in [-0.25, -0.2) is 9.18 Å². The lowest BCUT2D eigenvalue weighted by Crippen LogP contribution is -2.14. The number of hydrogen-bond acceptors (Lipinski definition) is 2. The molecule has 0 radical (unpaired) electrons. The Morgan fingerprint density at radius 2 is 1.97 bits per heavy atom. The van der Waals surface area contributed by atoms with E-state index in [4.69, 9.17) is 0 Å². The van der Waals surface area contributed by atoms with E-state index >= 15 is 0 Å². The summed E-state index contributed by atoms with van der Waals surface area (Å²) in [7, 11) is 0. The third kappa shape index (κ3) is 2.81. The molecule has 0 spiro atoms. The molecule has 1 saturated carbocycles. The number of rotatable bonds is 2. The van der Waals surface area contributed by atoms with Crippen LogP contribution in [0.5, 0.6) is 0 Å². The van der Waals surface area contributed by atoms with Gasteiger partial charge in [0.15, 0.2) is 0 Å². The van der Waals surface area contributed by atoms with Crippen molar-refractivity contribution in [2.24, 2.45) is 0 Å². The average Bonchev–Trinajstić information content (AvgIpc) is 3.54. The number of benzene rings is 2. The van der Waals surface area contributed by atoms with Crippen molar-refractivity contribution in [1.82, 2.24) is 14.5 Å². The first-order valence-electron chi connectivity index (χ1n) is 10.4. The number of aryl methyl sites for hydroxylation is 2. The first-order chi connectivity index (χ1) is 14.7. The van der Waals surface area contributed by atoms with E-state index in [1.807, 2.05) is 41.1 Å². The minimum Gasteiger partial charge on any atom is -0.306 e. The third-order valence-corrected chi connectivity index (χ3v) is 6.13. The Labute approximate surface area is 172 Å². The summed E-state index contributed by atoms with van der Waals surface area (Å²) in [5, 5.41) is 0. The van der Waals surface area contributed by atoms with Crippen LogP contribution < -0.4 is 5.69 Å². The van der Waals surface area contributed by atoms with Crippen LogP contribution in [0.15, 0.2) is 59.5 Å². The molecule has 5 heteroatoms. The van der Waals surface area contributed by atoms with Crippen LogP contribution >= 0.6 is 0 Å². The summed E-state index contributed by atoms with van der Waals surface area (Å²) in [5.41, 5.74) is 7.92. The quantitative estimate of drug-likeness (QED) is 0.524. The van der Waals surface area contributed by atoms with Crippen LogP contribution in [-0.2, 0) is 12.8 Å². The van der Waals surface area contributed by atoms with Gasteiger partial charge in [0.25, 0.3) is 0 Å². The second-order valence-corrected chi connectivity index (χ2v) is 8.17. The predicted octanol–water partition coefficient (Wildman–Crippen LogP) is 4.89. The molecule has 0 aliphatic heterocycles. The molecule has 0 unspecified atom stereocenters. The van der Waals surface area contributed by atoms with Gasteiger partial charge < -0.3 is 4.98 Å². The van der Waals surface area contributed by atoms with Gasteiger partial charge in [-0.05, 0) is 84.4 Å². The summed E-state index contributed by atoms with van der Waals surface area (Å²) in [6.45, 7) is 0. The van der Waals surface area contributed by atoms with Crippen molar-refractivity contribution in [3.05, 3.63) is 99.0 Å². The Bertz CT molecular complexity index is 1390. The molecule has 0 atom stereocenters. The molecule has 4 nitrogen and oxygen atoms in total. The second-order valence-electron chi connectivity index (χ2n) is 8.17. The molecule has 4 aromatic rings. The number of pyridine rings is 1. The minimum absolute atomic E-state index is 0.0397. The van der Waals surface area contributed by atoms with Crippen LogP contribution in [0.3, 0.4) is 0 Å². The van der Waals surface area contributed by atoms with Gasteiger partial charge in [0.2, 0.25) is 0 Å². The fourth-order valence-corrected chi connectivity index (χ4v) is 4.57. The largest absolute Gasteiger partial charge is 0.326 e. The molecule has 30 heavy (non-hydrogen) atoms. The zero-order valence-corrected chi connectivity index (χ0v) is 16.4. The molecule has 2 aliphatic carbocycles. The van der Waals surface area contributed by atoms with Gasteiger partial charge in [0, 0.05) is 23.5 Å². The maximum atomic E-state index is 13.9. The van der Waals surface area contributed by atoms with Gasteiger partial charge in [0.1, 0.15) is 5.82 Å². The van der Waals surface area contributed by atoms with Crippen molar-refractivity contribution in [2.75, 3.05) is 0 Å². The number of nitrogens with one attached hydrogen (secondary N) is 1. The van der Waals surface area contributed by atoms with Gasteiger partial charge >= 0.3 is 5.69 Å². The highest BCUT2D eigenvalue weighted by atomic mass is 19.1. The molecular formula is C25H20FN3O. The van der Waals surface area contributed by atoms with Crippen molar-refractivity contribution in [1.29, 1.82) is 0 Å². The van der Waals surface area contributed by atoms with E-state index in [1.54, 1.807) is 6.07 Å². The fourth-order valence-electron chi connectivity index (χ4n) is 4.57. The van der Waals surface area contributed by atoms with E-state index in [-0.39, 0.29) is 11.5 Å². The maximum Gasteiger partial charge on any atom is 0.326 e. The topological polar surface area (TPSA) is 50.7 Å². The van der Waals surface area contributed by atoms with Crippen LogP contribution in [0.2, 0.25) is 0 Å². The maximum absolute atomic E-state index is 13.9. The van der Waals surface area contributed by atoms with Crippen molar-refractivity contribution in [3.63, 3.8) is 0 Å². The lowest BCUT2D eigenvalue weighted by molar-refractivity contribution is 0.625. The Hall–Kier alpha value is -3.47. The number of halogens is 1. The number of aromatic nitrogens is 3. The van der Waals surface area contributed by atoms with E-state index in [1.165, 1.54) is 6.07 Å². The standard InChI is InChI=1S/C25H20FN3O/c26-17-5-8-19-16(14-17)4-9-22-20(2-1-11-27-22)21(19)12-15-3-10-24-23(13-15)28-25(30)29(24)18-6-7-18/h1-3,5,8,10-14,18H,4,6-7,9H2,(H,28,30). The Morgan fingerprint density at radius 1 is 1.07 bits per heavy atom. The number of aromatic amines is 1. The fraction of sp³-hybridized carbons (Fsp3) is 0.200. The van der Waals surface area contributed by atoms with Crippen LogP contribution in [0.25, 0.3) is 22.7 Å². The van der Waals surface area contributed by atoms with Crippen molar-refractivity contribution in [3.8, 4) is 0 Å². The average molecular weight is 397 g/mol. The SMILES string of the molecule is O=c1[nH]c2cc(C=C3c4ccc(F)cc4CCc4ncccc43)ccc2n1C1CC1. The van der Waals surface area contributed by atoms with Gasteiger partial charge in [-0.3, -0.25) is 9.55 Å². The Balaban J connectivity index is 1.55. The van der Waals surface area contributed by atoms with Crippen molar-refractivity contribution < 1.29 is 4.39 Å². The van der Waals surface area contributed by atoms with Crippen LogP contribution in [0, 0.1) is 5.82 Å². The van der Waals surface area contributed by atoms with E-state index in [0.29, 0.717) is 6.04 Å². The van der Waals surface area contributed by atoms with Crippen LogP contribution in [-0.4, -0.2) is 14.5 Å². The predicted molar refractivity (Wildman–Crippen MR) is 116 cm³/mol. The summed E-state index contributed by atoms with van der Waals surface area (Å²) in [6, 6.07) is 15.5. The summed E-state index contributed by atoms with van der Waals surface area (Å²) in [6.07, 6.45) is 7.59. The Morgan fingerprint density at radius 3 is 2.83 bits per heavy atom. The van der Waals surface area contributed by atoms with Crippen molar-refractivity contribution >= 4 is 22.7 Å². The molecule has 2 heterocycles. The molecule has 0 bridgehead atoms. The third-order valence-electron chi connectivity index (χ3n) is 6.13. The summed E-state index contributed by atoms with van der Waals surface area (Å²) >= 11 is 0. The number of fused-ring (bicyclic) bond motifs is 3. The van der Waals surface area contributed by atoms with E-state index in [9.17, 15) is 9.18 Å². The lowest BCUT2D eigenvalue weighted by Gasteiger charge is -2.12. The molecular weight excluding hydrogens is 377 g/mol. The van der Waals surface area contributed by atoms with Gasteiger partial charge in [-0.2, -0.15) is 0 Å². The Kier molecular flexibility index (Phi) is 3.78. The molecule has 6 rings (SSSR count). The van der Waals surface area contributed by atoms with Crippen molar-refractivity contribution in [2.45, 2.75) is 31.7 Å². The van der Waals surface area contributed by atoms with Gasteiger partial charge in [-0.15, -0.1) is 0 Å². The highest BCUT2D eigenvalue weighted by molar-refractivity contribution is 5.95. The lowest BCUT2D eigenvalue weighted by atomic mass is 9.93. The zero-order chi connectivity index (χ0) is 20.2. The van der Waals surface area contributed by atoms with Gasteiger partial charge in [-0.1, -0.05) is 18.2 Å². The highest BCUT2D eigenvalue weighted by Gasteiger charge is 2.27. The number of hydrogen-bond donors (Lipinski definition) is 1. The molecule has 0 amide bonds. The smallest absolute Gasteiger partial charge is 0.306 e. The second kappa shape index (κ2) is 6.52. The molecule has 2 aromatic carbocycles. The number of H-pyrrole nitrogens is 1. The first kappa shape index (κ1) is 17.4. The molecule has 2 aliphatic rings. The first-order valence-corrected chi connectivity index (χ1v) is 10.4. The summed E-state index contributed by atoms with van der Waals surface area (Å²) in [5.74, 6) is -0.215. The van der Waals surface area contributed by atoms with Crippen LogP contribution in [0.1, 0.15) is 46.8 Å². The zero-order valence-electron chi connectivity index (χ0n) is 16.4. The monoisotopic (exact) mass is 397 g/mol. The molecule has 0 saturated heterocycles. The summed E-state index contributed by atoms with van der Waals surface area (Å²) in [4.78, 5) is 20.0. The summed E-state index contributed by atoms with van der Waals surface area (Å²) < 4.78 is 15.8. The molecule has 2 aromatic heterocycles. The number of nitrogens with zero attached hydrogens (tertiary/aromatic N) is 2. The normalized spacial score (nSPS) is 17.0. The molecule has 1 fully saturated rings.